The average Bonchev–Trinajstić information content (AvgIpc) is 3.17. The first-order valence-electron chi connectivity index (χ1n) is 5.98. The Labute approximate surface area is 107 Å². The van der Waals surface area contributed by atoms with Crippen molar-refractivity contribution < 1.29 is 13.9 Å². The van der Waals surface area contributed by atoms with Gasteiger partial charge in [-0.1, -0.05) is 6.07 Å². The number of aromatic hydroxyl groups is 1. The zero-order chi connectivity index (χ0) is 13.6. The van der Waals surface area contributed by atoms with Crippen LogP contribution in [0.15, 0.2) is 35.1 Å². The quantitative estimate of drug-likeness (QED) is 0.905. The van der Waals surface area contributed by atoms with Gasteiger partial charge in [-0.25, -0.2) is 8.78 Å². The number of hydrogen-bond donors (Lipinski definition) is 1. The lowest BCUT2D eigenvalue weighted by Crippen LogP contribution is -2.21. The first kappa shape index (κ1) is 11.9. The van der Waals surface area contributed by atoms with Crippen LogP contribution in [-0.4, -0.2) is 9.67 Å². The second-order valence-electron chi connectivity index (χ2n) is 4.66. The Morgan fingerprint density at radius 1 is 1.21 bits per heavy atom. The van der Waals surface area contributed by atoms with Crippen molar-refractivity contribution in [3.63, 3.8) is 0 Å². The SMILES string of the molecule is O=c1cc(O)cc(C2CC2)n1-c1cccc(F)c1F. The summed E-state index contributed by atoms with van der Waals surface area (Å²) < 4.78 is 28.3. The minimum absolute atomic E-state index is 0.113. The molecule has 2 aromatic rings. The summed E-state index contributed by atoms with van der Waals surface area (Å²) in [5, 5.41) is 9.48. The molecule has 0 radical (unpaired) electrons. The van der Waals surface area contributed by atoms with E-state index < -0.39 is 17.2 Å². The topological polar surface area (TPSA) is 42.2 Å². The van der Waals surface area contributed by atoms with Crippen molar-refractivity contribution >= 4 is 0 Å². The van der Waals surface area contributed by atoms with Crippen molar-refractivity contribution in [2.75, 3.05) is 0 Å². The third-order valence-corrected chi connectivity index (χ3v) is 3.21. The Hall–Kier alpha value is -2.17. The fraction of sp³-hybridized carbons (Fsp3) is 0.214. The molecule has 0 bridgehead atoms. The maximum atomic E-state index is 13.8. The van der Waals surface area contributed by atoms with Gasteiger partial charge in [-0.3, -0.25) is 9.36 Å². The molecule has 3 rings (SSSR count). The lowest BCUT2D eigenvalue weighted by atomic mass is 10.2. The summed E-state index contributed by atoms with van der Waals surface area (Å²) in [6, 6.07) is 6.13. The number of aromatic nitrogens is 1. The van der Waals surface area contributed by atoms with Crippen LogP contribution in [0, 0.1) is 11.6 Å². The summed E-state index contributed by atoms with van der Waals surface area (Å²) in [7, 11) is 0. The molecular formula is C14H11F2NO2. The van der Waals surface area contributed by atoms with Crippen LogP contribution in [-0.2, 0) is 0 Å². The molecule has 0 saturated heterocycles. The number of halogens is 2. The molecule has 0 aliphatic heterocycles. The third-order valence-electron chi connectivity index (χ3n) is 3.21. The monoisotopic (exact) mass is 263 g/mol. The van der Waals surface area contributed by atoms with Crippen LogP contribution in [0.2, 0.25) is 0 Å². The van der Waals surface area contributed by atoms with Gasteiger partial charge in [0.1, 0.15) is 5.75 Å². The van der Waals surface area contributed by atoms with Gasteiger partial charge >= 0.3 is 0 Å². The molecule has 1 heterocycles. The first-order chi connectivity index (χ1) is 9.08. The number of rotatable bonds is 2. The maximum absolute atomic E-state index is 13.8. The van der Waals surface area contributed by atoms with Gasteiger partial charge in [0.15, 0.2) is 11.6 Å². The van der Waals surface area contributed by atoms with E-state index in [-0.39, 0.29) is 17.4 Å². The molecule has 0 atom stereocenters. The number of benzene rings is 1. The van der Waals surface area contributed by atoms with Gasteiger partial charge in [0, 0.05) is 17.8 Å². The van der Waals surface area contributed by atoms with Gasteiger partial charge in [-0.05, 0) is 30.9 Å². The minimum atomic E-state index is -1.06. The Morgan fingerprint density at radius 3 is 2.63 bits per heavy atom. The summed E-state index contributed by atoms with van der Waals surface area (Å²) in [6.07, 6.45) is 1.75. The highest BCUT2D eigenvalue weighted by molar-refractivity contribution is 5.40. The molecule has 3 nitrogen and oxygen atoms in total. The van der Waals surface area contributed by atoms with Gasteiger partial charge in [-0.2, -0.15) is 0 Å². The number of pyridine rings is 1. The van der Waals surface area contributed by atoms with Gasteiger partial charge in [0.25, 0.3) is 5.56 Å². The summed E-state index contributed by atoms with van der Waals surface area (Å²) >= 11 is 0. The Morgan fingerprint density at radius 2 is 1.95 bits per heavy atom. The molecular weight excluding hydrogens is 252 g/mol. The van der Waals surface area contributed by atoms with Crippen molar-refractivity contribution in [3.05, 3.63) is 58.0 Å². The molecule has 0 amide bonds. The zero-order valence-corrected chi connectivity index (χ0v) is 9.94. The highest BCUT2D eigenvalue weighted by Crippen LogP contribution is 2.41. The van der Waals surface area contributed by atoms with Crippen LogP contribution in [0.5, 0.6) is 5.75 Å². The number of nitrogens with zero attached hydrogens (tertiary/aromatic N) is 1. The highest BCUT2D eigenvalue weighted by atomic mass is 19.2. The second-order valence-corrected chi connectivity index (χ2v) is 4.66. The molecule has 1 aliphatic carbocycles. The average molecular weight is 263 g/mol. The van der Waals surface area contributed by atoms with Crippen molar-refractivity contribution in [3.8, 4) is 11.4 Å². The highest BCUT2D eigenvalue weighted by Gasteiger charge is 2.29. The lowest BCUT2D eigenvalue weighted by molar-refractivity contribution is 0.470. The maximum Gasteiger partial charge on any atom is 0.259 e. The lowest BCUT2D eigenvalue weighted by Gasteiger charge is -2.13. The molecule has 1 saturated carbocycles. The van der Waals surface area contributed by atoms with E-state index in [4.69, 9.17) is 0 Å². The van der Waals surface area contributed by atoms with E-state index in [1.807, 2.05) is 0 Å². The van der Waals surface area contributed by atoms with Crippen LogP contribution in [0.1, 0.15) is 24.5 Å². The zero-order valence-electron chi connectivity index (χ0n) is 9.94. The van der Waals surface area contributed by atoms with Crippen LogP contribution < -0.4 is 5.56 Å². The van der Waals surface area contributed by atoms with Crippen LogP contribution in [0.25, 0.3) is 5.69 Å². The van der Waals surface area contributed by atoms with Gasteiger partial charge < -0.3 is 5.11 Å². The predicted octanol–water partition coefficient (Wildman–Crippen LogP) is 2.70. The van der Waals surface area contributed by atoms with E-state index in [1.165, 1.54) is 18.2 Å². The molecule has 1 aromatic heterocycles. The number of hydrogen-bond acceptors (Lipinski definition) is 2. The van der Waals surface area contributed by atoms with Crippen molar-refractivity contribution in [2.45, 2.75) is 18.8 Å². The predicted molar refractivity (Wildman–Crippen MR) is 65.6 cm³/mol. The second kappa shape index (κ2) is 4.19. The summed E-state index contributed by atoms with van der Waals surface area (Å²) in [5.41, 5.74) is -0.159. The fourth-order valence-electron chi connectivity index (χ4n) is 2.18. The van der Waals surface area contributed by atoms with E-state index in [0.29, 0.717) is 5.69 Å². The molecule has 19 heavy (non-hydrogen) atoms. The largest absolute Gasteiger partial charge is 0.508 e. The van der Waals surface area contributed by atoms with Crippen LogP contribution in [0.3, 0.4) is 0 Å². The molecule has 1 aliphatic rings. The van der Waals surface area contributed by atoms with E-state index in [1.54, 1.807) is 0 Å². The Kier molecular flexibility index (Phi) is 2.62. The standard InChI is InChI=1S/C14H11F2NO2/c15-10-2-1-3-11(14(10)16)17-12(8-4-5-8)6-9(18)7-13(17)19/h1-3,6-8,18H,4-5H2. The van der Waals surface area contributed by atoms with Crippen molar-refractivity contribution in [1.29, 1.82) is 0 Å². The van der Waals surface area contributed by atoms with Crippen LogP contribution in [0.4, 0.5) is 8.78 Å². The van der Waals surface area contributed by atoms with Crippen LogP contribution >= 0.6 is 0 Å². The molecule has 1 fully saturated rings. The van der Waals surface area contributed by atoms with Crippen molar-refractivity contribution in [1.82, 2.24) is 4.57 Å². The molecule has 5 heteroatoms. The normalized spacial score (nSPS) is 14.6. The summed E-state index contributed by atoms with van der Waals surface area (Å²) in [6.45, 7) is 0. The first-order valence-corrected chi connectivity index (χ1v) is 5.98. The molecule has 98 valence electrons. The van der Waals surface area contributed by atoms with E-state index in [9.17, 15) is 18.7 Å². The van der Waals surface area contributed by atoms with E-state index in [2.05, 4.69) is 0 Å². The van der Waals surface area contributed by atoms with E-state index >= 15 is 0 Å². The van der Waals surface area contributed by atoms with Gasteiger partial charge in [-0.15, -0.1) is 0 Å². The fourth-order valence-corrected chi connectivity index (χ4v) is 2.18. The van der Waals surface area contributed by atoms with Crippen molar-refractivity contribution in [2.24, 2.45) is 0 Å². The smallest absolute Gasteiger partial charge is 0.259 e. The van der Waals surface area contributed by atoms with Gasteiger partial charge in [0.2, 0.25) is 0 Å². The van der Waals surface area contributed by atoms with E-state index in [0.717, 1.165) is 29.5 Å². The Bertz CT molecular complexity index is 705. The molecule has 0 spiro atoms. The minimum Gasteiger partial charge on any atom is -0.508 e. The molecule has 1 aromatic carbocycles. The third kappa shape index (κ3) is 2.01. The Balaban J connectivity index is 2.30. The summed E-state index contributed by atoms with van der Waals surface area (Å²) in [5.74, 6) is -2.10. The van der Waals surface area contributed by atoms with Gasteiger partial charge in [0.05, 0.1) is 5.69 Å². The molecule has 0 unspecified atom stereocenters. The molecule has 1 N–H and O–H groups in total. The summed E-state index contributed by atoms with van der Waals surface area (Å²) in [4.78, 5) is 12.0.